The molecule has 6 heteroatoms. The van der Waals surface area contributed by atoms with Gasteiger partial charge in [0.1, 0.15) is 24.1 Å². The van der Waals surface area contributed by atoms with Crippen molar-refractivity contribution in [2.75, 3.05) is 14.2 Å². The van der Waals surface area contributed by atoms with Crippen LogP contribution in [-0.4, -0.2) is 20.0 Å². The van der Waals surface area contributed by atoms with Crippen molar-refractivity contribution >= 4 is 11.9 Å². The van der Waals surface area contributed by atoms with Crippen LogP contribution in [0.2, 0.25) is 0 Å². The molecule has 0 aromatic heterocycles. The van der Waals surface area contributed by atoms with Crippen LogP contribution in [0, 0.1) is 17.1 Å². The smallest absolute Gasteiger partial charge is 0.203 e. The van der Waals surface area contributed by atoms with Gasteiger partial charge in [0, 0.05) is 5.56 Å². The zero-order valence-corrected chi connectivity index (χ0v) is 17.1. The van der Waals surface area contributed by atoms with Crippen LogP contribution < -0.4 is 14.2 Å². The van der Waals surface area contributed by atoms with Crippen LogP contribution >= 0.6 is 0 Å². The number of nitrogens with zero attached hydrogens (tertiary/aromatic N) is 1. The molecule has 5 nitrogen and oxygen atoms in total. The molecule has 0 aliphatic carbocycles. The van der Waals surface area contributed by atoms with Crippen LogP contribution in [0.5, 0.6) is 17.2 Å². The Morgan fingerprint density at radius 2 is 1.61 bits per heavy atom. The highest BCUT2D eigenvalue weighted by Gasteiger charge is 2.17. The lowest BCUT2D eigenvalue weighted by Gasteiger charge is -2.15. The molecular formula is C25H20FNO4. The Hall–Kier alpha value is -4.11. The third-order valence-corrected chi connectivity index (χ3v) is 4.49. The van der Waals surface area contributed by atoms with Crippen LogP contribution in [0.15, 0.2) is 72.3 Å². The summed E-state index contributed by atoms with van der Waals surface area (Å²) in [6.07, 6.45) is 1.43. The summed E-state index contributed by atoms with van der Waals surface area (Å²) in [6.45, 7) is 0.315. The Kier molecular flexibility index (Phi) is 7.02. The summed E-state index contributed by atoms with van der Waals surface area (Å²) in [5.74, 6) is 0.236. The van der Waals surface area contributed by atoms with E-state index in [1.807, 2.05) is 36.4 Å². The van der Waals surface area contributed by atoms with Gasteiger partial charge >= 0.3 is 0 Å². The van der Waals surface area contributed by atoms with Gasteiger partial charge in [-0.3, -0.25) is 4.79 Å². The second-order valence-electron chi connectivity index (χ2n) is 6.53. The number of carbonyl (C=O) groups excluding carboxylic acids is 1. The summed E-state index contributed by atoms with van der Waals surface area (Å²) in [6, 6.07) is 19.9. The monoisotopic (exact) mass is 417 g/mol. The number of rotatable bonds is 8. The Balaban J connectivity index is 1.92. The maximum atomic E-state index is 13.1. The van der Waals surface area contributed by atoms with Crippen molar-refractivity contribution in [1.29, 1.82) is 5.26 Å². The molecule has 0 bridgehead atoms. The van der Waals surface area contributed by atoms with Gasteiger partial charge in [0.2, 0.25) is 11.5 Å². The first kappa shape index (κ1) is 21.6. The molecule has 0 amide bonds. The van der Waals surface area contributed by atoms with Crippen molar-refractivity contribution in [2.45, 2.75) is 6.61 Å². The first-order valence-electron chi connectivity index (χ1n) is 9.40. The maximum Gasteiger partial charge on any atom is 0.203 e. The second-order valence-corrected chi connectivity index (χ2v) is 6.53. The molecule has 0 unspecified atom stereocenters. The van der Waals surface area contributed by atoms with E-state index >= 15 is 0 Å². The molecule has 0 aliphatic heterocycles. The number of halogens is 1. The fourth-order valence-electron chi connectivity index (χ4n) is 2.93. The number of methoxy groups -OCH3 is 2. The summed E-state index contributed by atoms with van der Waals surface area (Å²) >= 11 is 0. The third kappa shape index (κ3) is 5.28. The highest BCUT2D eigenvalue weighted by Crippen LogP contribution is 2.39. The fraction of sp³-hybridized carbons (Fsp3) is 0.120. The van der Waals surface area contributed by atoms with E-state index < -0.39 is 11.6 Å². The van der Waals surface area contributed by atoms with E-state index in [4.69, 9.17) is 14.2 Å². The standard InChI is InChI=1S/C25H20FNO4/c1-29-22-13-18(12-20(15-27)24(28)19-8-10-21(26)11-9-19)14-23(30-2)25(22)31-16-17-6-4-3-5-7-17/h3-14H,16H2,1-2H3/b20-12+. The number of benzene rings is 3. The number of nitriles is 1. The van der Waals surface area contributed by atoms with Gasteiger partial charge in [-0.05, 0) is 53.6 Å². The Bertz CT molecular complexity index is 1110. The maximum absolute atomic E-state index is 13.1. The zero-order chi connectivity index (χ0) is 22.2. The molecule has 0 radical (unpaired) electrons. The minimum absolute atomic E-state index is 0.103. The van der Waals surface area contributed by atoms with Crippen molar-refractivity contribution in [3.05, 3.63) is 94.8 Å². The molecule has 3 aromatic carbocycles. The Morgan fingerprint density at radius 1 is 1.00 bits per heavy atom. The highest BCUT2D eigenvalue weighted by atomic mass is 19.1. The van der Waals surface area contributed by atoms with Crippen molar-refractivity contribution in [3.63, 3.8) is 0 Å². The lowest BCUT2D eigenvalue weighted by Crippen LogP contribution is -2.03. The topological polar surface area (TPSA) is 68.5 Å². The fourth-order valence-corrected chi connectivity index (χ4v) is 2.93. The number of ether oxygens (including phenoxy) is 3. The van der Waals surface area contributed by atoms with Gasteiger partial charge in [0.15, 0.2) is 11.5 Å². The second kappa shape index (κ2) is 10.1. The van der Waals surface area contributed by atoms with Crippen LogP contribution in [-0.2, 0) is 6.61 Å². The van der Waals surface area contributed by atoms with Gasteiger partial charge in [-0.15, -0.1) is 0 Å². The molecular weight excluding hydrogens is 397 g/mol. The minimum Gasteiger partial charge on any atom is -0.493 e. The lowest BCUT2D eigenvalue weighted by atomic mass is 10.0. The van der Waals surface area contributed by atoms with Gasteiger partial charge in [0.05, 0.1) is 14.2 Å². The largest absolute Gasteiger partial charge is 0.493 e. The molecule has 0 fully saturated rings. The van der Waals surface area contributed by atoms with E-state index in [-0.39, 0.29) is 11.1 Å². The summed E-state index contributed by atoms with van der Waals surface area (Å²) in [5, 5.41) is 9.49. The van der Waals surface area contributed by atoms with E-state index in [0.29, 0.717) is 29.4 Å². The first-order valence-corrected chi connectivity index (χ1v) is 9.40. The number of hydrogen-bond donors (Lipinski definition) is 0. The van der Waals surface area contributed by atoms with Crippen molar-refractivity contribution in [1.82, 2.24) is 0 Å². The molecule has 3 rings (SSSR count). The summed E-state index contributed by atoms with van der Waals surface area (Å²) in [5.41, 5.74) is 1.62. The molecule has 0 heterocycles. The molecule has 0 aliphatic rings. The summed E-state index contributed by atoms with van der Waals surface area (Å²) in [7, 11) is 2.99. The van der Waals surface area contributed by atoms with Crippen molar-refractivity contribution in [2.24, 2.45) is 0 Å². The van der Waals surface area contributed by atoms with Gasteiger partial charge in [-0.2, -0.15) is 5.26 Å². The summed E-state index contributed by atoms with van der Waals surface area (Å²) in [4.78, 5) is 12.6. The van der Waals surface area contributed by atoms with Crippen molar-refractivity contribution in [3.8, 4) is 23.3 Å². The molecule has 156 valence electrons. The highest BCUT2D eigenvalue weighted by molar-refractivity contribution is 6.14. The number of carbonyl (C=O) groups is 1. The molecule has 0 spiro atoms. The van der Waals surface area contributed by atoms with E-state index in [1.54, 1.807) is 12.1 Å². The molecule has 31 heavy (non-hydrogen) atoms. The van der Waals surface area contributed by atoms with Crippen LogP contribution in [0.25, 0.3) is 6.08 Å². The Morgan fingerprint density at radius 3 is 2.16 bits per heavy atom. The van der Waals surface area contributed by atoms with E-state index in [0.717, 1.165) is 5.56 Å². The quantitative estimate of drug-likeness (QED) is 0.286. The zero-order valence-electron chi connectivity index (χ0n) is 17.1. The molecule has 0 N–H and O–H groups in total. The summed E-state index contributed by atoms with van der Waals surface area (Å²) < 4.78 is 29.9. The SMILES string of the molecule is COc1cc(/C=C(\C#N)C(=O)c2ccc(F)cc2)cc(OC)c1OCc1ccccc1. The van der Waals surface area contributed by atoms with Crippen LogP contribution in [0.1, 0.15) is 21.5 Å². The molecule has 0 atom stereocenters. The van der Waals surface area contributed by atoms with Gasteiger partial charge < -0.3 is 14.2 Å². The number of Topliss-reactive ketones (excluding diaryl/α,β-unsaturated/α-hetero) is 1. The normalized spacial score (nSPS) is 10.8. The molecule has 0 saturated heterocycles. The lowest BCUT2D eigenvalue weighted by molar-refractivity contribution is 0.104. The first-order chi connectivity index (χ1) is 15.0. The van der Waals surface area contributed by atoms with Crippen LogP contribution in [0.4, 0.5) is 4.39 Å². The van der Waals surface area contributed by atoms with E-state index in [1.165, 1.54) is 44.6 Å². The van der Waals surface area contributed by atoms with Crippen LogP contribution in [0.3, 0.4) is 0 Å². The minimum atomic E-state index is -0.509. The molecule has 0 saturated carbocycles. The predicted molar refractivity (Wildman–Crippen MR) is 115 cm³/mol. The van der Waals surface area contributed by atoms with E-state index in [9.17, 15) is 14.4 Å². The van der Waals surface area contributed by atoms with Gasteiger partial charge in [-0.1, -0.05) is 30.3 Å². The number of allylic oxidation sites excluding steroid dienone is 1. The van der Waals surface area contributed by atoms with E-state index in [2.05, 4.69) is 0 Å². The predicted octanol–water partition coefficient (Wildman–Crippen LogP) is 5.21. The average Bonchev–Trinajstić information content (AvgIpc) is 2.81. The average molecular weight is 417 g/mol. The van der Waals surface area contributed by atoms with Crippen molar-refractivity contribution < 1.29 is 23.4 Å². The number of ketones is 1. The molecule has 3 aromatic rings. The Labute approximate surface area is 179 Å². The van der Waals surface area contributed by atoms with Gasteiger partial charge in [0.25, 0.3) is 0 Å². The number of hydrogen-bond acceptors (Lipinski definition) is 5. The van der Waals surface area contributed by atoms with Gasteiger partial charge in [-0.25, -0.2) is 4.39 Å². The third-order valence-electron chi connectivity index (χ3n) is 4.49.